The van der Waals surface area contributed by atoms with Gasteiger partial charge in [-0.05, 0) is 23.8 Å². The summed E-state index contributed by atoms with van der Waals surface area (Å²) in [5.41, 5.74) is 1.00. The smallest absolute Gasteiger partial charge is 0.243 e. The van der Waals surface area contributed by atoms with E-state index in [1.54, 1.807) is 4.90 Å². The summed E-state index contributed by atoms with van der Waals surface area (Å²) in [5, 5.41) is 3.27. The van der Waals surface area contributed by atoms with Crippen molar-refractivity contribution in [2.24, 2.45) is 0 Å². The first kappa shape index (κ1) is 16.5. The van der Waals surface area contributed by atoms with Gasteiger partial charge in [0.05, 0.1) is 13.2 Å². The van der Waals surface area contributed by atoms with E-state index in [1.807, 2.05) is 24.3 Å². The quantitative estimate of drug-likeness (QED) is 0.843. The van der Waals surface area contributed by atoms with Gasteiger partial charge in [0.1, 0.15) is 6.10 Å². The van der Waals surface area contributed by atoms with Gasteiger partial charge in [0.15, 0.2) is 0 Å². The second-order valence-corrected chi connectivity index (χ2v) is 5.43. The van der Waals surface area contributed by atoms with E-state index in [2.05, 4.69) is 11.9 Å². The lowest BCUT2D eigenvalue weighted by atomic mass is 10.1. The maximum Gasteiger partial charge on any atom is 0.243 e. The standard InChI is InChI=1S/C16H19ClN2O3/c1-2-15(20)18-8-7-16(21)19-9-10-22-14(11-19)12-3-5-13(17)6-4-12/h2-6,14H,1,7-11H2,(H,18,20)/t14-/m1/s1. The van der Waals surface area contributed by atoms with E-state index in [4.69, 9.17) is 16.3 Å². The molecular formula is C16H19ClN2O3. The summed E-state index contributed by atoms with van der Waals surface area (Å²) < 4.78 is 5.72. The number of carbonyl (C=O) groups is 2. The second kappa shape index (κ2) is 7.96. The van der Waals surface area contributed by atoms with Crippen LogP contribution in [0.4, 0.5) is 0 Å². The first-order valence-electron chi connectivity index (χ1n) is 7.15. The first-order valence-corrected chi connectivity index (χ1v) is 7.53. The molecule has 118 valence electrons. The van der Waals surface area contributed by atoms with Crippen LogP contribution < -0.4 is 5.32 Å². The number of rotatable bonds is 5. The molecule has 0 bridgehead atoms. The Kier molecular flexibility index (Phi) is 5.98. The Morgan fingerprint density at radius 1 is 1.41 bits per heavy atom. The molecule has 0 unspecified atom stereocenters. The van der Waals surface area contributed by atoms with Crippen molar-refractivity contribution in [3.63, 3.8) is 0 Å². The number of benzene rings is 1. The predicted molar refractivity (Wildman–Crippen MR) is 84.5 cm³/mol. The number of halogens is 1. The summed E-state index contributed by atoms with van der Waals surface area (Å²) in [6.07, 6.45) is 1.32. The monoisotopic (exact) mass is 322 g/mol. The SMILES string of the molecule is C=CC(=O)NCCC(=O)N1CCO[C@@H](c2ccc(Cl)cc2)C1. The molecule has 0 saturated carbocycles. The minimum absolute atomic E-state index is 0.00613. The van der Waals surface area contributed by atoms with Crippen molar-refractivity contribution >= 4 is 23.4 Å². The lowest BCUT2D eigenvalue weighted by molar-refractivity contribution is -0.138. The van der Waals surface area contributed by atoms with Crippen molar-refractivity contribution in [2.45, 2.75) is 12.5 Å². The molecule has 6 heteroatoms. The molecule has 1 aromatic carbocycles. The van der Waals surface area contributed by atoms with Crippen LogP contribution in [-0.2, 0) is 14.3 Å². The highest BCUT2D eigenvalue weighted by molar-refractivity contribution is 6.30. The Bertz CT molecular complexity index is 545. The van der Waals surface area contributed by atoms with Crippen molar-refractivity contribution in [3.05, 3.63) is 47.5 Å². The molecule has 2 rings (SSSR count). The fourth-order valence-electron chi connectivity index (χ4n) is 2.28. The molecule has 1 N–H and O–H groups in total. The third-order valence-corrected chi connectivity index (χ3v) is 3.74. The zero-order chi connectivity index (χ0) is 15.9. The van der Waals surface area contributed by atoms with E-state index in [0.717, 1.165) is 5.56 Å². The van der Waals surface area contributed by atoms with Crippen LogP contribution in [0.15, 0.2) is 36.9 Å². The summed E-state index contributed by atoms with van der Waals surface area (Å²) >= 11 is 5.88. The molecule has 0 radical (unpaired) electrons. The van der Waals surface area contributed by atoms with Crippen molar-refractivity contribution in [2.75, 3.05) is 26.2 Å². The zero-order valence-electron chi connectivity index (χ0n) is 12.3. The lowest BCUT2D eigenvalue weighted by Crippen LogP contribution is -2.43. The number of hydrogen-bond acceptors (Lipinski definition) is 3. The molecule has 1 saturated heterocycles. The Morgan fingerprint density at radius 3 is 2.82 bits per heavy atom. The van der Waals surface area contributed by atoms with E-state index in [1.165, 1.54) is 6.08 Å². The molecule has 1 atom stereocenters. The van der Waals surface area contributed by atoms with Crippen LogP contribution >= 0.6 is 11.6 Å². The summed E-state index contributed by atoms with van der Waals surface area (Å²) in [7, 11) is 0. The molecule has 1 fully saturated rings. The number of carbonyl (C=O) groups excluding carboxylic acids is 2. The van der Waals surface area contributed by atoms with Gasteiger partial charge in [-0.15, -0.1) is 0 Å². The van der Waals surface area contributed by atoms with Crippen molar-refractivity contribution in [1.82, 2.24) is 10.2 Å². The number of amides is 2. The Balaban J connectivity index is 1.87. The van der Waals surface area contributed by atoms with Gasteiger partial charge < -0.3 is 15.0 Å². The topological polar surface area (TPSA) is 58.6 Å². The van der Waals surface area contributed by atoms with Gasteiger partial charge in [-0.2, -0.15) is 0 Å². The molecule has 1 aliphatic heterocycles. The van der Waals surface area contributed by atoms with E-state index < -0.39 is 0 Å². The van der Waals surface area contributed by atoms with Crippen LogP contribution in [0, 0.1) is 0 Å². The molecule has 1 aromatic rings. The summed E-state index contributed by atoms with van der Waals surface area (Å²) in [6.45, 7) is 5.25. The number of morpholine rings is 1. The number of nitrogens with zero attached hydrogens (tertiary/aromatic N) is 1. The van der Waals surface area contributed by atoms with Crippen LogP contribution in [0.2, 0.25) is 5.02 Å². The molecule has 5 nitrogen and oxygen atoms in total. The number of hydrogen-bond donors (Lipinski definition) is 1. The van der Waals surface area contributed by atoms with Gasteiger partial charge >= 0.3 is 0 Å². The normalized spacial score (nSPS) is 17.9. The largest absolute Gasteiger partial charge is 0.370 e. The van der Waals surface area contributed by atoms with Crippen LogP contribution in [0.1, 0.15) is 18.1 Å². The van der Waals surface area contributed by atoms with Crippen molar-refractivity contribution in [1.29, 1.82) is 0 Å². The van der Waals surface area contributed by atoms with Crippen LogP contribution in [0.5, 0.6) is 0 Å². The minimum Gasteiger partial charge on any atom is -0.370 e. The van der Waals surface area contributed by atoms with Crippen LogP contribution in [-0.4, -0.2) is 43.0 Å². The van der Waals surface area contributed by atoms with E-state index >= 15 is 0 Å². The molecule has 22 heavy (non-hydrogen) atoms. The van der Waals surface area contributed by atoms with Gasteiger partial charge in [-0.1, -0.05) is 30.3 Å². The fraction of sp³-hybridized carbons (Fsp3) is 0.375. The van der Waals surface area contributed by atoms with E-state index in [-0.39, 0.29) is 24.3 Å². The number of ether oxygens (including phenoxy) is 1. The molecular weight excluding hydrogens is 304 g/mol. The zero-order valence-corrected chi connectivity index (χ0v) is 13.0. The summed E-state index contributed by atoms with van der Waals surface area (Å²) in [4.78, 5) is 25.0. The van der Waals surface area contributed by atoms with Crippen molar-refractivity contribution in [3.8, 4) is 0 Å². The predicted octanol–water partition coefficient (Wildman–Crippen LogP) is 1.93. The number of nitrogens with one attached hydrogen (secondary N) is 1. The fourth-order valence-corrected chi connectivity index (χ4v) is 2.40. The van der Waals surface area contributed by atoms with Gasteiger partial charge in [0.2, 0.25) is 11.8 Å². The average Bonchev–Trinajstić information content (AvgIpc) is 2.55. The van der Waals surface area contributed by atoms with E-state index in [9.17, 15) is 9.59 Å². The summed E-state index contributed by atoms with van der Waals surface area (Å²) in [6, 6.07) is 7.44. The van der Waals surface area contributed by atoms with Gasteiger partial charge in [-0.3, -0.25) is 9.59 Å². The minimum atomic E-state index is -0.270. The highest BCUT2D eigenvalue weighted by atomic mass is 35.5. The van der Waals surface area contributed by atoms with Crippen molar-refractivity contribution < 1.29 is 14.3 Å². The van der Waals surface area contributed by atoms with Gasteiger partial charge in [0.25, 0.3) is 0 Å². The lowest BCUT2D eigenvalue weighted by Gasteiger charge is -2.33. The molecule has 0 spiro atoms. The highest BCUT2D eigenvalue weighted by Gasteiger charge is 2.25. The van der Waals surface area contributed by atoms with Crippen LogP contribution in [0.25, 0.3) is 0 Å². The Labute approximate surface area is 134 Å². The first-order chi connectivity index (χ1) is 10.6. The highest BCUT2D eigenvalue weighted by Crippen LogP contribution is 2.23. The Hall–Kier alpha value is -1.85. The second-order valence-electron chi connectivity index (χ2n) is 5.00. The Morgan fingerprint density at radius 2 is 2.14 bits per heavy atom. The van der Waals surface area contributed by atoms with Crippen LogP contribution in [0.3, 0.4) is 0 Å². The average molecular weight is 323 g/mol. The molecule has 0 aliphatic carbocycles. The third-order valence-electron chi connectivity index (χ3n) is 3.48. The molecule has 1 aliphatic rings. The third kappa shape index (κ3) is 4.58. The summed E-state index contributed by atoms with van der Waals surface area (Å²) in [5.74, 6) is -0.263. The molecule has 2 amide bonds. The molecule has 1 heterocycles. The maximum absolute atomic E-state index is 12.2. The van der Waals surface area contributed by atoms with E-state index in [0.29, 0.717) is 31.3 Å². The van der Waals surface area contributed by atoms with Gasteiger partial charge in [-0.25, -0.2) is 0 Å². The molecule has 0 aromatic heterocycles. The maximum atomic E-state index is 12.2. The van der Waals surface area contributed by atoms with Gasteiger partial charge in [0, 0.05) is 24.5 Å².